The van der Waals surface area contributed by atoms with Crippen LogP contribution in [0.2, 0.25) is 0 Å². The number of hydrogen-bond donors (Lipinski definition) is 0. The Morgan fingerprint density at radius 2 is 1.67 bits per heavy atom. The topological polar surface area (TPSA) is 9.23 Å². The van der Waals surface area contributed by atoms with Gasteiger partial charge in [0.2, 0.25) is 0 Å². The van der Waals surface area contributed by atoms with Crippen LogP contribution in [-0.4, -0.2) is 13.4 Å². The molecule has 0 radical (unpaired) electrons. The minimum atomic E-state index is 0.947. The molecule has 1 rings (SSSR count). The minimum absolute atomic E-state index is 0.947. The summed E-state index contributed by atoms with van der Waals surface area (Å²) < 4.78 is 5.17. The van der Waals surface area contributed by atoms with Crippen molar-refractivity contribution >= 4 is 11.8 Å². The van der Waals surface area contributed by atoms with Crippen LogP contribution in [0, 0.1) is 13.8 Å². The highest BCUT2D eigenvalue weighted by Crippen LogP contribution is 2.28. The molecule has 1 aromatic carbocycles. The summed E-state index contributed by atoms with van der Waals surface area (Å²) in [4.78, 5) is 1.36. The summed E-state index contributed by atoms with van der Waals surface area (Å²) >= 11 is 1.79. The molecular weight excluding hydrogens is 168 g/mol. The molecular formula is C10H14OS. The smallest absolute Gasteiger partial charge is 0.119 e. The molecule has 0 unspecified atom stereocenters. The number of rotatable bonds is 2. The Bertz CT molecular complexity index is 258. The van der Waals surface area contributed by atoms with Crippen molar-refractivity contribution in [3.8, 4) is 5.75 Å². The van der Waals surface area contributed by atoms with Gasteiger partial charge in [-0.3, -0.25) is 0 Å². The average Bonchev–Trinajstić information content (AvgIpc) is 2.03. The van der Waals surface area contributed by atoms with Crippen LogP contribution in [0.3, 0.4) is 0 Å². The lowest BCUT2D eigenvalue weighted by Gasteiger charge is -2.09. The van der Waals surface area contributed by atoms with Crippen LogP contribution < -0.4 is 4.74 Å². The first-order valence-corrected chi connectivity index (χ1v) is 5.10. The van der Waals surface area contributed by atoms with Gasteiger partial charge in [0.1, 0.15) is 5.75 Å². The third-order valence-corrected chi connectivity index (χ3v) is 2.93. The van der Waals surface area contributed by atoms with Gasteiger partial charge in [-0.15, -0.1) is 11.8 Å². The number of benzene rings is 1. The van der Waals surface area contributed by atoms with Crippen molar-refractivity contribution in [2.75, 3.05) is 13.4 Å². The van der Waals surface area contributed by atoms with E-state index in [0.29, 0.717) is 0 Å². The molecule has 0 atom stereocenters. The van der Waals surface area contributed by atoms with Crippen LogP contribution in [-0.2, 0) is 0 Å². The fourth-order valence-electron chi connectivity index (χ4n) is 1.35. The molecule has 0 aliphatic heterocycles. The summed E-state index contributed by atoms with van der Waals surface area (Å²) in [5.41, 5.74) is 2.58. The molecule has 0 fully saturated rings. The van der Waals surface area contributed by atoms with Crippen LogP contribution in [0.1, 0.15) is 11.1 Å². The second-order valence-electron chi connectivity index (χ2n) is 2.79. The largest absolute Gasteiger partial charge is 0.497 e. The number of ether oxygens (including phenoxy) is 1. The molecule has 0 bridgehead atoms. The summed E-state index contributed by atoms with van der Waals surface area (Å²) in [6, 6.07) is 4.14. The van der Waals surface area contributed by atoms with Gasteiger partial charge in [0.15, 0.2) is 0 Å². The quantitative estimate of drug-likeness (QED) is 0.650. The van der Waals surface area contributed by atoms with E-state index in [-0.39, 0.29) is 0 Å². The van der Waals surface area contributed by atoms with Gasteiger partial charge < -0.3 is 4.74 Å². The van der Waals surface area contributed by atoms with Gasteiger partial charge >= 0.3 is 0 Å². The minimum Gasteiger partial charge on any atom is -0.497 e. The van der Waals surface area contributed by atoms with Crippen molar-refractivity contribution < 1.29 is 4.74 Å². The van der Waals surface area contributed by atoms with Crippen molar-refractivity contribution in [3.63, 3.8) is 0 Å². The molecule has 0 aliphatic carbocycles. The maximum absolute atomic E-state index is 5.17. The second kappa shape index (κ2) is 3.85. The Labute approximate surface area is 78.1 Å². The van der Waals surface area contributed by atoms with E-state index in [1.807, 2.05) is 0 Å². The predicted octanol–water partition coefficient (Wildman–Crippen LogP) is 3.03. The van der Waals surface area contributed by atoms with Crippen molar-refractivity contribution in [2.45, 2.75) is 18.7 Å². The third-order valence-electron chi connectivity index (χ3n) is 1.87. The summed E-state index contributed by atoms with van der Waals surface area (Å²) in [5.74, 6) is 0.947. The lowest BCUT2D eigenvalue weighted by atomic mass is 10.1. The van der Waals surface area contributed by atoms with E-state index in [1.165, 1.54) is 16.0 Å². The molecule has 0 saturated heterocycles. The number of aryl methyl sites for hydroxylation is 2. The molecule has 12 heavy (non-hydrogen) atoms. The molecule has 1 aromatic rings. The predicted molar refractivity (Wildman–Crippen MR) is 54.2 cm³/mol. The molecule has 0 heterocycles. The third kappa shape index (κ3) is 1.75. The van der Waals surface area contributed by atoms with Crippen molar-refractivity contribution in [2.24, 2.45) is 0 Å². The van der Waals surface area contributed by atoms with Crippen LogP contribution in [0.4, 0.5) is 0 Å². The zero-order valence-corrected chi connectivity index (χ0v) is 8.79. The Morgan fingerprint density at radius 1 is 1.17 bits per heavy atom. The van der Waals surface area contributed by atoms with Gasteiger partial charge in [-0.05, 0) is 43.4 Å². The zero-order chi connectivity index (χ0) is 9.14. The van der Waals surface area contributed by atoms with E-state index in [4.69, 9.17) is 4.74 Å². The highest BCUT2D eigenvalue weighted by Gasteiger charge is 2.03. The Balaban J connectivity index is 3.18. The van der Waals surface area contributed by atoms with Crippen molar-refractivity contribution in [3.05, 3.63) is 23.3 Å². The van der Waals surface area contributed by atoms with E-state index >= 15 is 0 Å². The average molecular weight is 182 g/mol. The highest BCUT2D eigenvalue weighted by molar-refractivity contribution is 7.98. The zero-order valence-electron chi connectivity index (χ0n) is 7.97. The molecule has 0 aromatic heterocycles. The van der Waals surface area contributed by atoms with E-state index < -0.39 is 0 Å². The molecule has 0 amide bonds. The molecule has 0 aliphatic rings. The van der Waals surface area contributed by atoms with E-state index in [0.717, 1.165) is 5.75 Å². The standard InChI is InChI=1S/C10H14OS/c1-7-5-9(11-3)6-8(2)10(7)12-4/h5-6H,1-4H3. The van der Waals surface area contributed by atoms with Gasteiger partial charge in [-0.1, -0.05) is 0 Å². The summed E-state index contributed by atoms with van der Waals surface area (Å²) in [6.45, 7) is 4.22. The molecule has 0 spiro atoms. The first-order chi connectivity index (χ1) is 5.69. The Kier molecular flexibility index (Phi) is 3.04. The Hall–Kier alpha value is -0.630. The Morgan fingerprint density at radius 3 is 2.00 bits per heavy atom. The van der Waals surface area contributed by atoms with Crippen LogP contribution in [0.15, 0.2) is 17.0 Å². The summed E-state index contributed by atoms with van der Waals surface area (Å²) in [7, 11) is 1.70. The lowest BCUT2D eigenvalue weighted by Crippen LogP contribution is -1.89. The first-order valence-electron chi connectivity index (χ1n) is 3.88. The second-order valence-corrected chi connectivity index (χ2v) is 3.61. The van der Waals surface area contributed by atoms with Gasteiger partial charge in [0, 0.05) is 4.90 Å². The van der Waals surface area contributed by atoms with Gasteiger partial charge in [-0.2, -0.15) is 0 Å². The normalized spacial score (nSPS) is 10.0. The van der Waals surface area contributed by atoms with Crippen LogP contribution in [0.25, 0.3) is 0 Å². The molecule has 66 valence electrons. The lowest BCUT2D eigenvalue weighted by molar-refractivity contribution is 0.413. The monoisotopic (exact) mass is 182 g/mol. The van der Waals surface area contributed by atoms with Gasteiger partial charge in [-0.25, -0.2) is 0 Å². The van der Waals surface area contributed by atoms with E-state index in [2.05, 4.69) is 32.2 Å². The van der Waals surface area contributed by atoms with Gasteiger partial charge in [0.25, 0.3) is 0 Å². The highest BCUT2D eigenvalue weighted by atomic mass is 32.2. The number of thioether (sulfide) groups is 1. The number of methoxy groups -OCH3 is 1. The fraction of sp³-hybridized carbons (Fsp3) is 0.400. The van der Waals surface area contributed by atoms with Crippen LogP contribution in [0.5, 0.6) is 5.75 Å². The molecule has 0 N–H and O–H groups in total. The van der Waals surface area contributed by atoms with Gasteiger partial charge in [0.05, 0.1) is 7.11 Å². The maximum atomic E-state index is 5.17. The fourth-order valence-corrected chi connectivity index (χ4v) is 2.11. The number of hydrogen-bond acceptors (Lipinski definition) is 2. The van der Waals surface area contributed by atoms with E-state index in [1.54, 1.807) is 18.9 Å². The van der Waals surface area contributed by atoms with Crippen molar-refractivity contribution in [1.82, 2.24) is 0 Å². The first kappa shape index (κ1) is 9.46. The van der Waals surface area contributed by atoms with Crippen molar-refractivity contribution in [1.29, 1.82) is 0 Å². The summed E-state index contributed by atoms with van der Waals surface area (Å²) in [5, 5.41) is 0. The molecule has 2 heteroatoms. The maximum Gasteiger partial charge on any atom is 0.119 e. The molecule has 1 nitrogen and oxygen atoms in total. The van der Waals surface area contributed by atoms with Crippen LogP contribution >= 0.6 is 11.8 Å². The van der Waals surface area contributed by atoms with E-state index in [9.17, 15) is 0 Å². The summed E-state index contributed by atoms with van der Waals surface area (Å²) in [6.07, 6.45) is 2.10. The molecule has 0 saturated carbocycles. The SMILES string of the molecule is COc1cc(C)c(SC)c(C)c1.